The molecule has 0 saturated carbocycles. The van der Waals surface area contributed by atoms with Gasteiger partial charge in [-0.05, 0) is 42.5 Å². The average molecular weight is 465 g/mol. The Morgan fingerprint density at radius 3 is 2.22 bits per heavy atom. The lowest BCUT2D eigenvalue weighted by atomic mass is 10.1. The molecule has 11 heteroatoms. The summed E-state index contributed by atoms with van der Waals surface area (Å²) >= 11 is 0. The average Bonchev–Trinajstić information content (AvgIpc) is 3.25. The van der Waals surface area contributed by atoms with Crippen molar-refractivity contribution < 1.29 is 42.1 Å². The number of rotatable bonds is 8. The molecule has 0 fully saturated rings. The molecule has 1 aliphatic rings. The lowest BCUT2D eigenvalue weighted by molar-refractivity contribution is 0.0600. The lowest BCUT2D eigenvalue weighted by Gasteiger charge is -2.20. The molecule has 0 radical (unpaired) electrons. The van der Waals surface area contributed by atoms with Gasteiger partial charge >= 0.3 is 11.9 Å². The van der Waals surface area contributed by atoms with E-state index >= 15 is 0 Å². The van der Waals surface area contributed by atoms with Gasteiger partial charge in [-0.25, -0.2) is 18.0 Å². The van der Waals surface area contributed by atoms with Crippen LogP contribution in [0.5, 0.6) is 17.2 Å². The topological polar surface area (TPSA) is 137 Å². The summed E-state index contributed by atoms with van der Waals surface area (Å²) in [6.45, 7) is 0. The van der Waals surface area contributed by atoms with E-state index in [0.29, 0.717) is 30.4 Å². The van der Waals surface area contributed by atoms with E-state index < -0.39 is 22.0 Å². The third-order valence-corrected chi connectivity index (χ3v) is 6.60. The molecule has 2 aromatic carbocycles. The van der Waals surface area contributed by atoms with Crippen molar-refractivity contribution in [1.29, 1.82) is 0 Å². The molecular formula is C21H23NO9S. The second-order valence-electron chi connectivity index (χ2n) is 6.94. The van der Waals surface area contributed by atoms with Gasteiger partial charge in [0.25, 0.3) is 10.0 Å². The number of esters is 1. The molecule has 0 unspecified atom stereocenters. The van der Waals surface area contributed by atoms with Crippen molar-refractivity contribution in [3.8, 4) is 17.2 Å². The number of carbonyl (C=O) groups is 2. The molecule has 172 valence electrons. The third kappa shape index (κ3) is 4.03. The molecule has 0 atom stereocenters. The third-order valence-electron chi connectivity index (χ3n) is 5.18. The molecule has 0 amide bonds. The van der Waals surface area contributed by atoms with Crippen LogP contribution in [-0.4, -0.2) is 53.9 Å². The minimum absolute atomic E-state index is 0.0601. The van der Waals surface area contributed by atoms with E-state index in [1.54, 1.807) is 0 Å². The maximum absolute atomic E-state index is 13.4. The molecule has 0 heterocycles. The van der Waals surface area contributed by atoms with Gasteiger partial charge in [0, 0.05) is 6.07 Å². The van der Waals surface area contributed by atoms with Crippen molar-refractivity contribution in [1.82, 2.24) is 0 Å². The first kappa shape index (κ1) is 23.2. The van der Waals surface area contributed by atoms with Gasteiger partial charge in [-0.1, -0.05) is 0 Å². The highest BCUT2D eigenvalue weighted by Crippen LogP contribution is 2.46. The summed E-state index contributed by atoms with van der Waals surface area (Å²) in [6.07, 6.45) is 1.76. The molecule has 2 aromatic rings. The number of sulfonamides is 1. The Kier molecular flexibility index (Phi) is 6.49. The maximum atomic E-state index is 13.4. The van der Waals surface area contributed by atoms with E-state index in [0.717, 1.165) is 13.2 Å². The van der Waals surface area contributed by atoms with Crippen molar-refractivity contribution in [2.45, 2.75) is 24.2 Å². The smallest absolute Gasteiger partial charge is 0.340 e. The number of anilines is 1. The standard InChI is InChI=1S/C21H23NO9S/c1-28-15-10-14(21(25)31-4)17(19(30-3)18(15)29-2)22-32(26,27)16-9-12(20(23)24)8-11-6-5-7-13(11)16/h8-10,22H,5-7H2,1-4H3,(H,23,24). The van der Waals surface area contributed by atoms with Crippen LogP contribution in [0.25, 0.3) is 0 Å². The number of carboxylic acids is 1. The van der Waals surface area contributed by atoms with E-state index in [4.69, 9.17) is 18.9 Å². The number of hydrogen-bond acceptors (Lipinski definition) is 8. The van der Waals surface area contributed by atoms with Gasteiger partial charge in [0.05, 0.1) is 44.5 Å². The number of fused-ring (bicyclic) bond motifs is 1. The van der Waals surface area contributed by atoms with Gasteiger partial charge in [-0.2, -0.15) is 0 Å². The van der Waals surface area contributed by atoms with E-state index in [2.05, 4.69) is 4.72 Å². The van der Waals surface area contributed by atoms with Crippen LogP contribution >= 0.6 is 0 Å². The number of nitrogens with one attached hydrogen (secondary N) is 1. The molecule has 10 nitrogen and oxygen atoms in total. The first-order valence-electron chi connectivity index (χ1n) is 9.51. The van der Waals surface area contributed by atoms with Crippen LogP contribution in [-0.2, 0) is 27.6 Å². The molecular weight excluding hydrogens is 442 g/mol. The zero-order valence-electron chi connectivity index (χ0n) is 18.0. The van der Waals surface area contributed by atoms with Gasteiger partial charge < -0.3 is 24.1 Å². The zero-order valence-corrected chi connectivity index (χ0v) is 18.8. The summed E-state index contributed by atoms with van der Waals surface area (Å²) in [7, 11) is 0.772. The molecule has 0 aromatic heterocycles. The molecule has 32 heavy (non-hydrogen) atoms. The van der Waals surface area contributed by atoms with Crippen molar-refractivity contribution in [2.75, 3.05) is 33.2 Å². The van der Waals surface area contributed by atoms with Gasteiger partial charge in [0.2, 0.25) is 5.75 Å². The van der Waals surface area contributed by atoms with Crippen LogP contribution in [0, 0.1) is 0 Å². The summed E-state index contributed by atoms with van der Waals surface area (Å²) in [5.41, 5.74) is 0.680. The number of hydrogen-bond donors (Lipinski definition) is 2. The number of carboxylic acid groups (broad SMARTS) is 1. The fourth-order valence-electron chi connectivity index (χ4n) is 3.75. The Morgan fingerprint density at radius 1 is 0.969 bits per heavy atom. The second kappa shape index (κ2) is 8.95. The Morgan fingerprint density at radius 2 is 1.66 bits per heavy atom. The molecule has 0 saturated heterocycles. The fourth-order valence-corrected chi connectivity index (χ4v) is 5.17. The Hall–Kier alpha value is -3.47. The van der Waals surface area contributed by atoms with Crippen molar-refractivity contribution in [2.24, 2.45) is 0 Å². The highest BCUT2D eigenvalue weighted by atomic mass is 32.2. The van der Waals surface area contributed by atoms with Gasteiger partial charge in [-0.15, -0.1) is 0 Å². The largest absolute Gasteiger partial charge is 0.493 e. The highest BCUT2D eigenvalue weighted by molar-refractivity contribution is 7.92. The Balaban J connectivity index is 2.24. The number of aryl methyl sites for hydroxylation is 1. The van der Waals surface area contributed by atoms with Crippen LogP contribution in [0.2, 0.25) is 0 Å². The SMILES string of the molecule is COC(=O)c1cc(OC)c(OC)c(OC)c1NS(=O)(=O)c1cc(C(=O)O)cc2c1CCC2. The van der Waals surface area contributed by atoms with Gasteiger partial charge in [0.15, 0.2) is 11.5 Å². The van der Waals surface area contributed by atoms with Crippen LogP contribution in [0.3, 0.4) is 0 Å². The quantitative estimate of drug-likeness (QED) is 0.563. The molecule has 2 N–H and O–H groups in total. The fraction of sp³-hybridized carbons (Fsp3) is 0.333. The Labute approximate surface area is 185 Å². The minimum Gasteiger partial charge on any atom is -0.493 e. The molecule has 0 aliphatic heterocycles. The lowest BCUT2D eigenvalue weighted by Crippen LogP contribution is -2.19. The normalized spacial score (nSPS) is 12.6. The number of carbonyl (C=O) groups excluding carboxylic acids is 1. The molecule has 0 bridgehead atoms. The van der Waals surface area contributed by atoms with E-state index in [9.17, 15) is 23.1 Å². The van der Waals surface area contributed by atoms with Crippen molar-refractivity contribution >= 4 is 27.6 Å². The molecule has 1 aliphatic carbocycles. The second-order valence-corrected chi connectivity index (χ2v) is 8.59. The first-order valence-corrected chi connectivity index (χ1v) is 11.0. The number of methoxy groups -OCH3 is 4. The van der Waals surface area contributed by atoms with Crippen molar-refractivity contribution in [3.63, 3.8) is 0 Å². The van der Waals surface area contributed by atoms with Crippen LogP contribution in [0.1, 0.15) is 38.3 Å². The van der Waals surface area contributed by atoms with E-state index in [1.165, 1.54) is 33.5 Å². The summed E-state index contributed by atoms with van der Waals surface area (Å²) < 4.78 is 49.9. The minimum atomic E-state index is -4.33. The van der Waals surface area contributed by atoms with Crippen molar-refractivity contribution in [3.05, 3.63) is 40.5 Å². The zero-order chi connectivity index (χ0) is 23.6. The maximum Gasteiger partial charge on any atom is 0.340 e. The van der Waals surface area contributed by atoms with Gasteiger partial charge in [0.1, 0.15) is 5.69 Å². The van der Waals surface area contributed by atoms with E-state index in [1.807, 2.05) is 0 Å². The molecule has 0 spiro atoms. The van der Waals surface area contributed by atoms with Crippen LogP contribution in [0.15, 0.2) is 23.1 Å². The summed E-state index contributed by atoms with van der Waals surface area (Å²) in [5.74, 6) is -1.99. The summed E-state index contributed by atoms with van der Waals surface area (Å²) in [4.78, 5) is 23.8. The monoisotopic (exact) mass is 465 g/mol. The summed E-state index contributed by atoms with van der Waals surface area (Å²) in [6, 6.07) is 3.86. The van der Waals surface area contributed by atoms with Gasteiger partial charge in [-0.3, -0.25) is 4.72 Å². The summed E-state index contributed by atoms with van der Waals surface area (Å²) in [5, 5.41) is 9.43. The predicted octanol–water partition coefficient (Wildman–Crippen LogP) is 2.49. The molecule has 3 rings (SSSR count). The van der Waals surface area contributed by atoms with Crippen LogP contribution in [0.4, 0.5) is 5.69 Å². The van der Waals surface area contributed by atoms with Crippen LogP contribution < -0.4 is 18.9 Å². The highest BCUT2D eigenvalue weighted by Gasteiger charge is 2.31. The van der Waals surface area contributed by atoms with E-state index in [-0.39, 0.29) is 39.0 Å². The number of ether oxygens (including phenoxy) is 4. The first-order chi connectivity index (χ1) is 15.2. The number of benzene rings is 2. The Bertz CT molecular complexity index is 1190. The number of aromatic carboxylic acids is 1. The predicted molar refractivity (Wildman–Crippen MR) is 114 cm³/mol.